The third-order valence-electron chi connectivity index (χ3n) is 7.39. The summed E-state index contributed by atoms with van der Waals surface area (Å²) in [5, 5.41) is 6.50. The van der Waals surface area contributed by atoms with E-state index < -0.39 is 0 Å². The lowest BCUT2D eigenvalue weighted by Crippen LogP contribution is -2.54. The number of nitrogens with one attached hydrogen (secondary N) is 2. The average Bonchev–Trinajstić information content (AvgIpc) is 2.88. The number of amides is 2. The third kappa shape index (κ3) is 4.65. The van der Waals surface area contributed by atoms with Crippen LogP contribution in [0.4, 0.5) is 23.0 Å². The molecule has 0 bridgehead atoms. The van der Waals surface area contributed by atoms with E-state index in [-0.39, 0.29) is 23.9 Å². The smallest absolute Gasteiger partial charge is 0.251 e. The van der Waals surface area contributed by atoms with E-state index in [1.807, 2.05) is 25.2 Å². The lowest BCUT2D eigenvalue weighted by molar-refractivity contribution is -0.120. The van der Waals surface area contributed by atoms with E-state index in [1.165, 1.54) is 0 Å². The van der Waals surface area contributed by atoms with Crippen LogP contribution >= 0.6 is 0 Å². The number of anilines is 4. The first-order valence-electron chi connectivity index (χ1n) is 12.4. The number of fused-ring (bicyclic) bond motifs is 3. The van der Waals surface area contributed by atoms with Crippen LogP contribution in [0.5, 0.6) is 5.75 Å². The number of hydrogen-bond acceptors (Lipinski definition) is 7. The largest absolute Gasteiger partial charge is 0.495 e. The summed E-state index contributed by atoms with van der Waals surface area (Å²) in [5.74, 6) is 2.12. The van der Waals surface area contributed by atoms with E-state index in [4.69, 9.17) is 9.72 Å². The topological polar surface area (TPSA) is 90.0 Å². The van der Waals surface area contributed by atoms with Crippen LogP contribution in [0.3, 0.4) is 0 Å². The van der Waals surface area contributed by atoms with Gasteiger partial charge in [-0.3, -0.25) is 9.59 Å². The number of hydrogen-bond donors (Lipinski definition) is 2. The lowest BCUT2D eigenvalue weighted by Gasteiger charge is -2.43. The molecule has 1 aromatic carbocycles. The molecular formula is C26H34N6O3. The number of methoxy groups -OCH3 is 1. The number of nitrogens with zero attached hydrogens (tertiary/aromatic N) is 4. The number of piperidine rings is 2. The summed E-state index contributed by atoms with van der Waals surface area (Å²) in [6.07, 6.45) is 4.89. The van der Waals surface area contributed by atoms with Gasteiger partial charge in [0.25, 0.3) is 5.91 Å². The standard InChI is InChI=1S/C26H34N6O3/c1-30-14-11-18(12-15-30)27-25(33)17-7-8-19(22(16-17)35-3)28-23-10-9-20-24(29-23)32-13-5-4-6-21(32)26(34)31(20)2/h7-10,16,18,21H,4-6,11-15H2,1-3H3,(H,27,33)(H,28,29)/t21-/m1/s1. The van der Waals surface area contributed by atoms with Gasteiger partial charge >= 0.3 is 0 Å². The first kappa shape index (κ1) is 23.4. The molecule has 2 N–H and O–H groups in total. The number of benzene rings is 1. The van der Waals surface area contributed by atoms with Gasteiger partial charge in [0.1, 0.15) is 17.6 Å². The molecule has 2 fully saturated rings. The zero-order chi connectivity index (χ0) is 24.5. The van der Waals surface area contributed by atoms with Crippen LogP contribution in [0.15, 0.2) is 30.3 Å². The van der Waals surface area contributed by atoms with Crippen molar-refractivity contribution in [2.45, 2.75) is 44.2 Å². The number of likely N-dealkylation sites (tertiary alicyclic amines) is 1. The van der Waals surface area contributed by atoms with Gasteiger partial charge in [-0.05, 0) is 82.6 Å². The Morgan fingerprint density at radius 3 is 2.63 bits per heavy atom. The Bertz CT molecular complexity index is 1110. The molecule has 2 aromatic rings. The minimum absolute atomic E-state index is 0.0832. The minimum atomic E-state index is -0.138. The Labute approximate surface area is 206 Å². The van der Waals surface area contributed by atoms with Crippen molar-refractivity contribution in [3.05, 3.63) is 35.9 Å². The summed E-state index contributed by atoms with van der Waals surface area (Å²) in [4.78, 5) is 36.6. The van der Waals surface area contributed by atoms with Gasteiger partial charge < -0.3 is 30.1 Å². The fourth-order valence-corrected chi connectivity index (χ4v) is 5.26. The fraction of sp³-hybridized carbons (Fsp3) is 0.500. The summed E-state index contributed by atoms with van der Waals surface area (Å²) in [6.45, 7) is 2.82. The molecule has 2 amide bonds. The molecule has 0 radical (unpaired) electrons. The third-order valence-corrected chi connectivity index (χ3v) is 7.39. The molecule has 3 aliphatic rings. The number of carbonyl (C=O) groups is 2. The van der Waals surface area contributed by atoms with Crippen molar-refractivity contribution in [2.24, 2.45) is 0 Å². The van der Waals surface area contributed by atoms with E-state index >= 15 is 0 Å². The van der Waals surface area contributed by atoms with Gasteiger partial charge in [0.2, 0.25) is 5.91 Å². The SMILES string of the molecule is COc1cc(C(=O)NC2CCN(C)CC2)ccc1Nc1ccc2c(n1)N1CCCC[C@@H]1C(=O)N2C. The van der Waals surface area contributed by atoms with E-state index in [2.05, 4.69) is 27.5 Å². The van der Waals surface area contributed by atoms with Crippen molar-refractivity contribution < 1.29 is 14.3 Å². The molecule has 1 aromatic heterocycles. The zero-order valence-electron chi connectivity index (χ0n) is 20.7. The average molecular weight is 479 g/mol. The van der Waals surface area contributed by atoms with Crippen molar-refractivity contribution >= 4 is 34.8 Å². The molecular weight excluding hydrogens is 444 g/mol. The van der Waals surface area contributed by atoms with Gasteiger partial charge in [0, 0.05) is 25.2 Å². The Kier molecular flexibility index (Phi) is 6.51. The van der Waals surface area contributed by atoms with Crippen LogP contribution in [0.1, 0.15) is 42.5 Å². The fourth-order valence-electron chi connectivity index (χ4n) is 5.26. The normalized spacial score (nSPS) is 20.8. The molecule has 186 valence electrons. The predicted octanol–water partition coefficient (Wildman–Crippen LogP) is 2.99. The molecule has 5 rings (SSSR count). The Morgan fingerprint density at radius 1 is 1.06 bits per heavy atom. The second kappa shape index (κ2) is 9.73. The maximum Gasteiger partial charge on any atom is 0.251 e. The molecule has 0 saturated carbocycles. The zero-order valence-corrected chi connectivity index (χ0v) is 20.7. The molecule has 35 heavy (non-hydrogen) atoms. The van der Waals surface area contributed by atoms with Gasteiger partial charge in [-0.25, -0.2) is 4.98 Å². The highest BCUT2D eigenvalue weighted by atomic mass is 16.5. The molecule has 0 spiro atoms. The highest BCUT2D eigenvalue weighted by Gasteiger charge is 2.38. The Hall–Kier alpha value is -3.33. The van der Waals surface area contributed by atoms with E-state index in [1.54, 1.807) is 24.1 Å². The van der Waals surface area contributed by atoms with E-state index in [9.17, 15) is 9.59 Å². The molecule has 2 saturated heterocycles. The second-order valence-corrected chi connectivity index (χ2v) is 9.73. The molecule has 4 heterocycles. The quantitative estimate of drug-likeness (QED) is 0.683. The van der Waals surface area contributed by atoms with Gasteiger partial charge in [0.05, 0.1) is 18.5 Å². The van der Waals surface area contributed by atoms with Crippen molar-refractivity contribution in [1.82, 2.24) is 15.2 Å². The van der Waals surface area contributed by atoms with Crippen molar-refractivity contribution in [1.29, 1.82) is 0 Å². The van der Waals surface area contributed by atoms with Gasteiger partial charge in [-0.2, -0.15) is 0 Å². The number of pyridine rings is 1. The highest BCUT2D eigenvalue weighted by molar-refractivity contribution is 6.04. The van der Waals surface area contributed by atoms with Crippen LogP contribution in [0.25, 0.3) is 0 Å². The number of aromatic nitrogens is 1. The van der Waals surface area contributed by atoms with Gasteiger partial charge in [-0.1, -0.05) is 0 Å². The molecule has 3 aliphatic heterocycles. The van der Waals surface area contributed by atoms with Crippen molar-refractivity contribution in [2.75, 3.05) is 56.0 Å². The summed E-state index contributed by atoms with van der Waals surface area (Å²) < 4.78 is 5.60. The highest BCUT2D eigenvalue weighted by Crippen LogP contribution is 2.39. The lowest BCUT2D eigenvalue weighted by atomic mass is 9.98. The first-order chi connectivity index (χ1) is 16.9. The van der Waals surface area contributed by atoms with Crippen molar-refractivity contribution in [3.8, 4) is 5.75 Å². The monoisotopic (exact) mass is 478 g/mol. The summed E-state index contributed by atoms with van der Waals surface area (Å²) >= 11 is 0. The number of carbonyl (C=O) groups excluding carboxylic acids is 2. The molecule has 0 unspecified atom stereocenters. The summed E-state index contributed by atoms with van der Waals surface area (Å²) in [6, 6.07) is 9.28. The van der Waals surface area contributed by atoms with Crippen LogP contribution in [-0.2, 0) is 4.79 Å². The number of likely N-dealkylation sites (N-methyl/N-ethyl adjacent to an activating group) is 1. The van der Waals surface area contributed by atoms with Crippen LogP contribution < -0.4 is 25.2 Å². The summed E-state index contributed by atoms with van der Waals surface area (Å²) in [7, 11) is 5.52. The van der Waals surface area contributed by atoms with Crippen LogP contribution in [-0.4, -0.2) is 74.6 Å². The second-order valence-electron chi connectivity index (χ2n) is 9.73. The molecule has 1 atom stereocenters. The van der Waals surface area contributed by atoms with E-state index in [0.29, 0.717) is 17.1 Å². The Balaban J connectivity index is 1.34. The van der Waals surface area contributed by atoms with Gasteiger partial charge in [-0.15, -0.1) is 0 Å². The maximum atomic E-state index is 12.8. The molecule has 9 heteroatoms. The van der Waals surface area contributed by atoms with Crippen LogP contribution in [0.2, 0.25) is 0 Å². The maximum absolute atomic E-state index is 12.8. The predicted molar refractivity (Wildman–Crippen MR) is 137 cm³/mol. The van der Waals surface area contributed by atoms with Crippen LogP contribution in [0, 0.1) is 0 Å². The number of ether oxygens (including phenoxy) is 1. The first-order valence-corrected chi connectivity index (χ1v) is 12.4. The molecule has 0 aliphatic carbocycles. The molecule has 9 nitrogen and oxygen atoms in total. The Morgan fingerprint density at radius 2 is 1.86 bits per heavy atom. The summed E-state index contributed by atoms with van der Waals surface area (Å²) in [5.41, 5.74) is 2.12. The minimum Gasteiger partial charge on any atom is -0.495 e. The van der Waals surface area contributed by atoms with E-state index in [0.717, 1.165) is 68.9 Å². The van der Waals surface area contributed by atoms with Gasteiger partial charge in [0.15, 0.2) is 5.82 Å². The number of rotatable bonds is 5. The van der Waals surface area contributed by atoms with Crippen molar-refractivity contribution in [3.63, 3.8) is 0 Å².